The van der Waals surface area contributed by atoms with Crippen LogP contribution in [0.4, 0.5) is 5.82 Å². The van der Waals surface area contributed by atoms with Crippen LogP contribution in [0.15, 0.2) is 30.3 Å². The van der Waals surface area contributed by atoms with Gasteiger partial charge in [-0.1, -0.05) is 12.1 Å². The van der Waals surface area contributed by atoms with Gasteiger partial charge in [0, 0.05) is 19.2 Å². The molecule has 5 heteroatoms. The van der Waals surface area contributed by atoms with Crippen LogP contribution < -0.4 is 5.32 Å². The van der Waals surface area contributed by atoms with Crippen molar-refractivity contribution in [1.29, 1.82) is 0 Å². The third-order valence-electron chi connectivity index (χ3n) is 2.56. The first-order valence-electron chi connectivity index (χ1n) is 5.86. The summed E-state index contributed by atoms with van der Waals surface area (Å²) in [6, 6.07) is 9.14. The van der Waals surface area contributed by atoms with E-state index in [0.717, 1.165) is 16.5 Å². The van der Waals surface area contributed by atoms with Crippen molar-refractivity contribution in [2.45, 2.75) is 20.5 Å². The zero-order valence-corrected chi connectivity index (χ0v) is 10.8. The van der Waals surface area contributed by atoms with Gasteiger partial charge in [0.25, 0.3) is 0 Å². The third kappa shape index (κ3) is 3.28. The van der Waals surface area contributed by atoms with E-state index in [2.05, 4.69) is 10.3 Å². The van der Waals surface area contributed by atoms with Crippen LogP contribution in [0.3, 0.4) is 0 Å². The van der Waals surface area contributed by atoms with Crippen LogP contribution in [0, 0.1) is 0 Å². The second-order valence-corrected chi connectivity index (χ2v) is 4.14. The SMILES string of the molecule is CC(=O)Nc1ccc2c(COC(C)=O)cccc2n1. The summed E-state index contributed by atoms with van der Waals surface area (Å²) in [6.45, 7) is 3.02. The van der Waals surface area contributed by atoms with E-state index in [0.29, 0.717) is 5.82 Å². The number of hydrogen-bond donors (Lipinski definition) is 1. The molecule has 0 unspecified atom stereocenters. The number of rotatable bonds is 3. The number of aromatic nitrogens is 1. The second kappa shape index (κ2) is 5.48. The van der Waals surface area contributed by atoms with E-state index in [-0.39, 0.29) is 18.5 Å². The number of anilines is 1. The summed E-state index contributed by atoms with van der Waals surface area (Å²) >= 11 is 0. The highest BCUT2D eigenvalue weighted by molar-refractivity contribution is 5.90. The molecule has 0 atom stereocenters. The van der Waals surface area contributed by atoms with Crippen LogP contribution in [-0.4, -0.2) is 16.9 Å². The van der Waals surface area contributed by atoms with Gasteiger partial charge in [-0.15, -0.1) is 0 Å². The molecule has 0 radical (unpaired) electrons. The molecule has 0 aliphatic heterocycles. The van der Waals surface area contributed by atoms with E-state index in [4.69, 9.17) is 4.74 Å². The standard InChI is InChI=1S/C14H14N2O3/c1-9(17)15-14-7-6-12-11(8-19-10(2)18)4-3-5-13(12)16-14/h3-7H,8H2,1-2H3,(H,15,16,17). The van der Waals surface area contributed by atoms with Gasteiger partial charge in [0.15, 0.2) is 0 Å². The number of hydrogen-bond acceptors (Lipinski definition) is 4. The molecular formula is C14H14N2O3. The molecule has 0 saturated heterocycles. The van der Waals surface area contributed by atoms with Crippen molar-refractivity contribution in [3.8, 4) is 0 Å². The van der Waals surface area contributed by atoms with Gasteiger partial charge in [0.1, 0.15) is 12.4 Å². The quantitative estimate of drug-likeness (QED) is 0.857. The van der Waals surface area contributed by atoms with Crippen molar-refractivity contribution in [2.75, 3.05) is 5.32 Å². The zero-order valence-electron chi connectivity index (χ0n) is 10.8. The Kier molecular flexibility index (Phi) is 3.75. The molecule has 1 N–H and O–H groups in total. The van der Waals surface area contributed by atoms with Crippen molar-refractivity contribution in [1.82, 2.24) is 4.98 Å². The van der Waals surface area contributed by atoms with Gasteiger partial charge in [-0.05, 0) is 23.8 Å². The number of pyridine rings is 1. The third-order valence-corrected chi connectivity index (χ3v) is 2.56. The summed E-state index contributed by atoms with van der Waals surface area (Å²) < 4.78 is 4.99. The molecule has 5 nitrogen and oxygen atoms in total. The maximum absolute atomic E-state index is 11.0. The van der Waals surface area contributed by atoms with E-state index in [1.807, 2.05) is 24.3 Å². The normalized spacial score (nSPS) is 10.2. The van der Waals surface area contributed by atoms with Gasteiger partial charge in [0.2, 0.25) is 5.91 Å². The summed E-state index contributed by atoms with van der Waals surface area (Å²) in [5.41, 5.74) is 1.63. The summed E-state index contributed by atoms with van der Waals surface area (Å²) in [6.07, 6.45) is 0. The first-order valence-corrected chi connectivity index (χ1v) is 5.86. The van der Waals surface area contributed by atoms with Crippen LogP contribution in [0.2, 0.25) is 0 Å². The fourth-order valence-electron chi connectivity index (χ4n) is 1.77. The minimum absolute atomic E-state index is 0.164. The number of ether oxygens (including phenoxy) is 1. The number of carbonyl (C=O) groups excluding carboxylic acids is 2. The number of carbonyl (C=O) groups is 2. The highest BCUT2D eigenvalue weighted by Gasteiger charge is 2.05. The molecule has 2 rings (SSSR count). The van der Waals surface area contributed by atoms with Crippen molar-refractivity contribution in [3.05, 3.63) is 35.9 Å². The fraction of sp³-hybridized carbons (Fsp3) is 0.214. The number of amides is 1. The fourth-order valence-corrected chi connectivity index (χ4v) is 1.77. The van der Waals surface area contributed by atoms with Gasteiger partial charge in [-0.3, -0.25) is 9.59 Å². The molecule has 1 aromatic carbocycles. The molecule has 0 bridgehead atoms. The maximum Gasteiger partial charge on any atom is 0.302 e. The minimum Gasteiger partial charge on any atom is -0.461 e. The van der Waals surface area contributed by atoms with Crippen LogP contribution in [-0.2, 0) is 20.9 Å². The van der Waals surface area contributed by atoms with E-state index >= 15 is 0 Å². The molecule has 19 heavy (non-hydrogen) atoms. The van der Waals surface area contributed by atoms with Crippen LogP contribution >= 0.6 is 0 Å². The largest absolute Gasteiger partial charge is 0.461 e. The molecule has 0 aliphatic rings. The van der Waals surface area contributed by atoms with Gasteiger partial charge in [0.05, 0.1) is 5.52 Å². The topological polar surface area (TPSA) is 68.3 Å². The maximum atomic E-state index is 11.0. The Morgan fingerprint density at radius 3 is 2.68 bits per heavy atom. The number of nitrogens with zero attached hydrogens (tertiary/aromatic N) is 1. The lowest BCUT2D eigenvalue weighted by molar-refractivity contribution is -0.142. The first kappa shape index (κ1) is 13.0. The number of esters is 1. The van der Waals surface area contributed by atoms with Gasteiger partial charge in [-0.25, -0.2) is 4.98 Å². The van der Waals surface area contributed by atoms with E-state index in [1.165, 1.54) is 13.8 Å². The lowest BCUT2D eigenvalue weighted by Crippen LogP contribution is -2.07. The molecule has 2 aromatic rings. The molecule has 98 valence electrons. The molecule has 0 aliphatic carbocycles. The molecule has 0 saturated carbocycles. The molecule has 0 fully saturated rings. The number of benzene rings is 1. The summed E-state index contributed by atoms with van der Waals surface area (Å²) in [5, 5.41) is 3.53. The van der Waals surface area contributed by atoms with Crippen molar-refractivity contribution in [3.63, 3.8) is 0 Å². The zero-order chi connectivity index (χ0) is 13.8. The number of nitrogens with one attached hydrogen (secondary N) is 1. The predicted molar refractivity (Wildman–Crippen MR) is 71.5 cm³/mol. The lowest BCUT2D eigenvalue weighted by Gasteiger charge is -2.08. The average molecular weight is 258 g/mol. The summed E-state index contributed by atoms with van der Waals surface area (Å²) in [5.74, 6) is 0.0207. The highest BCUT2D eigenvalue weighted by Crippen LogP contribution is 2.20. The Hall–Kier alpha value is -2.43. The smallest absolute Gasteiger partial charge is 0.302 e. The van der Waals surface area contributed by atoms with Crippen LogP contribution in [0.1, 0.15) is 19.4 Å². The van der Waals surface area contributed by atoms with E-state index in [9.17, 15) is 9.59 Å². The minimum atomic E-state index is -0.320. The Morgan fingerprint density at radius 1 is 1.21 bits per heavy atom. The van der Waals surface area contributed by atoms with E-state index in [1.54, 1.807) is 6.07 Å². The van der Waals surface area contributed by atoms with Crippen LogP contribution in [0.5, 0.6) is 0 Å². The second-order valence-electron chi connectivity index (χ2n) is 4.14. The van der Waals surface area contributed by atoms with Gasteiger partial charge < -0.3 is 10.1 Å². The Morgan fingerprint density at radius 2 is 2.00 bits per heavy atom. The Labute approximate surface area is 110 Å². The first-order chi connectivity index (χ1) is 9.06. The van der Waals surface area contributed by atoms with Crippen molar-refractivity contribution < 1.29 is 14.3 Å². The predicted octanol–water partition coefficient (Wildman–Crippen LogP) is 2.26. The molecule has 1 aromatic heterocycles. The average Bonchev–Trinajstić information content (AvgIpc) is 2.35. The summed E-state index contributed by atoms with van der Waals surface area (Å²) in [7, 11) is 0. The number of fused-ring (bicyclic) bond motifs is 1. The Balaban J connectivity index is 2.35. The van der Waals surface area contributed by atoms with Crippen molar-refractivity contribution >= 4 is 28.6 Å². The molecule has 0 spiro atoms. The molecule has 1 heterocycles. The van der Waals surface area contributed by atoms with E-state index < -0.39 is 0 Å². The van der Waals surface area contributed by atoms with Gasteiger partial charge in [-0.2, -0.15) is 0 Å². The highest BCUT2D eigenvalue weighted by atomic mass is 16.5. The molecular weight excluding hydrogens is 244 g/mol. The summed E-state index contributed by atoms with van der Waals surface area (Å²) in [4.78, 5) is 26.2. The molecule has 1 amide bonds. The van der Waals surface area contributed by atoms with Crippen molar-refractivity contribution in [2.24, 2.45) is 0 Å². The van der Waals surface area contributed by atoms with Gasteiger partial charge >= 0.3 is 5.97 Å². The monoisotopic (exact) mass is 258 g/mol. The lowest BCUT2D eigenvalue weighted by atomic mass is 10.1. The Bertz CT molecular complexity index is 638. The van der Waals surface area contributed by atoms with Crippen LogP contribution in [0.25, 0.3) is 10.9 Å².